The van der Waals surface area contributed by atoms with E-state index in [2.05, 4.69) is 9.88 Å². The molecule has 1 fully saturated rings. The van der Waals surface area contributed by atoms with E-state index in [1.165, 1.54) is 18.2 Å². The van der Waals surface area contributed by atoms with E-state index in [4.69, 9.17) is 16.3 Å². The number of benzene rings is 2. The Hall–Kier alpha value is -3.17. The third kappa shape index (κ3) is 4.95. The molecule has 0 unspecified atom stereocenters. The highest BCUT2D eigenvalue weighted by Crippen LogP contribution is 2.33. The number of carbonyl (C=O) groups excluding carboxylic acids is 1. The van der Waals surface area contributed by atoms with Gasteiger partial charge in [0.2, 0.25) is 5.75 Å². The van der Waals surface area contributed by atoms with Crippen molar-refractivity contribution in [3.05, 3.63) is 74.7 Å². The molecule has 1 aromatic heterocycles. The summed E-state index contributed by atoms with van der Waals surface area (Å²) in [5.41, 5.74) is 0.322. The summed E-state index contributed by atoms with van der Waals surface area (Å²) in [7, 11) is 0. The van der Waals surface area contributed by atoms with Gasteiger partial charge in [-0.25, -0.2) is 4.98 Å². The average molecular weight is 459 g/mol. The van der Waals surface area contributed by atoms with Crippen molar-refractivity contribution in [2.45, 2.75) is 6.42 Å². The predicted molar refractivity (Wildman–Crippen MR) is 119 cm³/mol. The molecule has 10 heteroatoms. The number of rotatable bonds is 5. The third-order valence-corrected chi connectivity index (χ3v) is 5.99. The minimum absolute atomic E-state index is 0.0509. The first-order valence-corrected chi connectivity index (χ1v) is 10.9. The molecule has 0 N–H and O–H groups in total. The number of halogens is 1. The van der Waals surface area contributed by atoms with Crippen molar-refractivity contribution in [1.29, 1.82) is 0 Å². The van der Waals surface area contributed by atoms with E-state index >= 15 is 0 Å². The van der Waals surface area contributed by atoms with Gasteiger partial charge < -0.3 is 14.5 Å². The molecule has 1 saturated heterocycles. The third-order valence-electron chi connectivity index (χ3n) is 4.92. The van der Waals surface area contributed by atoms with E-state index < -0.39 is 4.92 Å². The molecule has 0 bridgehead atoms. The Morgan fingerprint density at radius 1 is 1.13 bits per heavy atom. The van der Waals surface area contributed by atoms with Gasteiger partial charge in [0.05, 0.1) is 4.92 Å². The molecule has 0 aliphatic carbocycles. The zero-order valence-corrected chi connectivity index (χ0v) is 18.0. The second-order valence-electron chi connectivity index (χ2n) is 6.94. The molecule has 2 heterocycles. The summed E-state index contributed by atoms with van der Waals surface area (Å²) < 4.78 is 5.64. The molecule has 31 heavy (non-hydrogen) atoms. The Kier molecular flexibility index (Phi) is 6.34. The summed E-state index contributed by atoms with van der Waals surface area (Å²) in [5, 5.41) is 14.4. The molecule has 4 rings (SSSR count). The topological polar surface area (TPSA) is 88.8 Å². The molecule has 1 aliphatic rings. The molecule has 0 saturated carbocycles. The van der Waals surface area contributed by atoms with Crippen LogP contribution in [0.15, 0.2) is 54.0 Å². The lowest BCUT2D eigenvalue weighted by atomic mass is 10.2. The summed E-state index contributed by atoms with van der Waals surface area (Å²) in [4.78, 5) is 32.0. The highest BCUT2D eigenvalue weighted by atomic mass is 35.5. The molecule has 1 aliphatic heterocycles. The summed E-state index contributed by atoms with van der Waals surface area (Å²) in [6, 6.07) is 10.8. The molecule has 1 amide bonds. The summed E-state index contributed by atoms with van der Waals surface area (Å²) in [6.45, 7) is 2.90. The van der Waals surface area contributed by atoms with E-state index in [1.54, 1.807) is 41.8 Å². The van der Waals surface area contributed by atoms with Crippen molar-refractivity contribution in [3.8, 4) is 11.5 Å². The van der Waals surface area contributed by atoms with Crippen molar-refractivity contribution in [1.82, 2.24) is 9.88 Å². The van der Waals surface area contributed by atoms with Crippen molar-refractivity contribution < 1.29 is 14.5 Å². The van der Waals surface area contributed by atoms with Crippen LogP contribution in [0.1, 0.15) is 16.8 Å². The molecule has 3 aromatic rings. The quantitative estimate of drug-likeness (QED) is 0.401. The van der Waals surface area contributed by atoms with Gasteiger partial charge in [0.1, 0.15) is 5.75 Å². The van der Waals surface area contributed by atoms with Crippen molar-refractivity contribution in [3.63, 3.8) is 0 Å². The Morgan fingerprint density at radius 2 is 1.94 bits per heavy atom. The predicted octanol–water partition coefficient (Wildman–Crippen LogP) is 4.85. The SMILES string of the molecule is O=C(c1ccc(Oc2ccc(Cl)cc2[N+](=O)[O-])cc1)N1CCCN(c2nccs2)CC1. The molecule has 160 valence electrons. The van der Waals surface area contributed by atoms with Crippen LogP contribution in [0, 0.1) is 10.1 Å². The number of hydrogen-bond acceptors (Lipinski definition) is 7. The van der Waals surface area contributed by atoms with E-state index in [1.807, 2.05) is 10.3 Å². The van der Waals surface area contributed by atoms with Crippen LogP contribution in [-0.4, -0.2) is 46.9 Å². The van der Waals surface area contributed by atoms with Crippen LogP contribution in [0.5, 0.6) is 11.5 Å². The summed E-state index contributed by atoms with van der Waals surface area (Å²) >= 11 is 7.43. The molecule has 0 spiro atoms. The number of anilines is 1. The molecular weight excluding hydrogens is 440 g/mol. The van der Waals surface area contributed by atoms with Crippen LogP contribution >= 0.6 is 22.9 Å². The van der Waals surface area contributed by atoms with Gasteiger partial charge in [-0.1, -0.05) is 11.6 Å². The van der Waals surface area contributed by atoms with Crippen LogP contribution < -0.4 is 9.64 Å². The van der Waals surface area contributed by atoms with E-state index in [0.717, 1.165) is 24.6 Å². The molecule has 0 radical (unpaired) electrons. The van der Waals surface area contributed by atoms with Crippen molar-refractivity contribution in [2.75, 3.05) is 31.1 Å². The number of nitrogens with zero attached hydrogens (tertiary/aromatic N) is 4. The second kappa shape index (κ2) is 9.32. The van der Waals surface area contributed by atoms with Crippen molar-refractivity contribution in [2.24, 2.45) is 0 Å². The maximum absolute atomic E-state index is 12.9. The number of ether oxygens (including phenoxy) is 1. The Balaban J connectivity index is 1.42. The van der Waals surface area contributed by atoms with E-state index in [0.29, 0.717) is 24.4 Å². The summed E-state index contributed by atoms with van der Waals surface area (Å²) in [6.07, 6.45) is 2.66. The Morgan fingerprint density at radius 3 is 2.65 bits per heavy atom. The zero-order valence-electron chi connectivity index (χ0n) is 16.4. The lowest BCUT2D eigenvalue weighted by Crippen LogP contribution is -2.35. The summed E-state index contributed by atoms with van der Waals surface area (Å²) in [5.74, 6) is 0.432. The number of carbonyl (C=O) groups is 1. The number of aromatic nitrogens is 1. The number of amides is 1. The zero-order chi connectivity index (χ0) is 21.8. The average Bonchev–Trinajstić information content (AvgIpc) is 3.19. The number of nitro groups is 1. The van der Waals surface area contributed by atoms with Gasteiger partial charge in [0.25, 0.3) is 5.91 Å². The minimum Gasteiger partial charge on any atom is -0.450 e. The molecule has 8 nitrogen and oxygen atoms in total. The lowest BCUT2D eigenvalue weighted by Gasteiger charge is -2.22. The highest BCUT2D eigenvalue weighted by molar-refractivity contribution is 7.13. The first-order chi connectivity index (χ1) is 15.0. The second-order valence-corrected chi connectivity index (χ2v) is 8.25. The minimum atomic E-state index is -0.548. The maximum Gasteiger partial charge on any atom is 0.313 e. The van der Waals surface area contributed by atoms with Gasteiger partial charge in [0, 0.05) is 54.4 Å². The van der Waals surface area contributed by atoms with Crippen LogP contribution in [0.2, 0.25) is 5.02 Å². The van der Waals surface area contributed by atoms with Crippen LogP contribution in [-0.2, 0) is 0 Å². The van der Waals surface area contributed by atoms with Crippen molar-refractivity contribution >= 4 is 39.7 Å². The first kappa shape index (κ1) is 21.1. The fraction of sp³-hybridized carbons (Fsp3) is 0.238. The smallest absolute Gasteiger partial charge is 0.313 e. The Labute approximate surface area is 187 Å². The highest BCUT2D eigenvalue weighted by Gasteiger charge is 2.22. The van der Waals surface area contributed by atoms with Gasteiger partial charge >= 0.3 is 5.69 Å². The van der Waals surface area contributed by atoms with Gasteiger partial charge in [0.15, 0.2) is 5.13 Å². The molecule has 2 aromatic carbocycles. The standard InChI is InChI=1S/C21H19ClN4O4S/c22-16-4-7-19(18(14-16)26(28)29)30-17-5-2-15(3-6-17)20(27)24-9-1-10-25(12-11-24)21-23-8-13-31-21/h2-8,13-14H,1,9-12H2. The molecule has 0 atom stereocenters. The number of nitro benzene ring substituents is 1. The van der Waals surface area contributed by atoms with E-state index in [9.17, 15) is 14.9 Å². The fourth-order valence-electron chi connectivity index (χ4n) is 3.38. The first-order valence-electron chi connectivity index (χ1n) is 9.67. The lowest BCUT2D eigenvalue weighted by molar-refractivity contribution is -0.385. The van der Waals surface area contributed by atoms with Crippen LogP contribution in [0.4, 0.5) is 10.8 Å². The maximum atomic E-state index is 12.9. The van der Waals surface area contributed by atoms with E-state index in [-0.39, 0.29) is 22.4 Å². The number of hydrogen-bond donors (Lipinski definition) is 0. The van der Waals surface area contributed by atoms with Crippen LogP contribution in [0.25, 0.3) is 0 Å². The number of thiazole rings is 1. The van der Waals surface area contributed by atoms with Gasteiger partial charge in [-0.05, 0) is 42.8 Å². The van der Waals surface area contributed by atoms with Gasteiger partial charge in [-0.2, -0.15) is 0 Å². The normalized spacial score (nSPS) is 14.2. The van der Waals surface area contributed by atoms with Gasteiger partial charge in [-0.3, -0.25) is 14.9 Å². The fourth-order valence-corrected chi connectivity index (χ4v) is 4.24. The van der Waals surface area contributed by atoms with Crippen LogP contribution in [0.3, 0.4) is 0 Å². The Bertz CT molecular complexity index is 1080. The molecular formula is C21H19ClN4O4S. The monoisotopic (exact) mass is 458 g/mol. The van der Waals surface area contributed by atoms with Gasteiger partial charge in [-0.15, -0.1) is 11.3 Å². The largest absolute Gasteiger partial charge is 0.450 e.